The largest absolute Gasteiger partial charge is 0.482 e. The highest BCUT2D eigenvalue weighted by atomic mass is 32.1. The lowest BCUT2D eigenvalue weighted by Gasteiger charge is -2.06. The van der Waals surface area contributed by atoms with Gasteiger partial charge in [-0.3, -0.25) is 4.40 Å². The maximum Gasteiger partial charge on any atom is 0.210 e. The number of imidazole rings is 1. The summed E-state index contributed by atoms with van der Waals surface area (Å²) in [7, 11) is 0. The molecular formula is C15H14N2OS2. The summed E-state index contributed by atoms with van der Waals surface area (Å²) >= 11 is 7.00. The van der Waals surface area contributed by atoms with Gasteiger partial charge in [0.25, 0.3) is 0 Å². The van der Waals surface area contributed by atoms with Crippen LogP contribution in [0.1, 0.15) is 23.9 Å². The molecule has 0 atom stereocenters. The monoisotopic (exact) mass is 302 g/mol. The van der Waals surface area contributed by atoms with E-state index in [0.29, 0.717) is 11.7 Å². The molecular weight excluding hydrogens is 288 g/mol. The molecule has 102 valence electrons. The van der Waals surface area contributed by atoms with Crippen LogP contribution >= 0.6 is 23.6 Å². The van der Waals surface area contributed by atoms with Gasteiger partial charge in [0.2, 0.25) is 5.05 Å². The molecule has 3 rings (SSSR count). The molecule has 0 amide bonds. The van der Waals surface area contributed by atoms with Crippen LogP contribution in [0.3, 0.4) is 0 Å². The van der Waals surface area contributed by atoms with Gasteiger partial charge < -0.3 is 4.74 Å². The Labute approximate surface area is 126 Å². The van der Waals surface area contributed by atoms with Crippen molar-refractivity contribution in [2.45, 2.75) is 13.3 Å². The van der Waals surface area contributed by atoms with E-state index in [9.17, 15) is 0 Å². The molecule has 0 spiro atoms. The first-order chi connectivity index (χ1) is 9.79. The molecule has 0 aliphatic heterocycles. The second-order valence-electron chi connectivity index (χ2n) is 4.35. The minimum absolute atomic E-state index is 0.518. The van der Waals surface area contributed by atoms with Gasteiger partial charge in [-0.15, -0.1) is 11.3 Å². The van der Waals surface area contributed by atoms with Crippen molar-refractivity contribution < 1.29 is 4.74 Å². The molecule has 2 heterocycles. The Morgan fingerprint density at radius 3 is 2.90 bits per heavy atom. The van der Waals surface area contributed by atoms with E-state index in [1.165, 1.54) is 5.56 Å². The van der Waals surface area contributed by atoms with Gasteiger partial charge in [-0.25, -0.2) is 4.98 Å². The molecule has 0 saturated heterocycles. The van der Waals surface area contributed by atoms with Crippen molar-refractivity contribution in [2.75, 3.05) is 6.61 Å². The van der Waals surface area contributed by atoms with Gasteiger partial charge in [-0.2, -0.15) is 0 Å². The Hall–Kier alpha value is -1.72. The fourth-order valence-corrected chi connectivity index (χ4v) is 3.23. The average molecular weight is 302 g/mol. The van der Waals surface area contributed by atoms with Crippen LogP contribution in [0.25, 0.3) is 4.96 Å². The van der Waals surface area contributed by atoms with Crippen molar-refractivity contribution in [3.8, 4) is 0 Å². The van der Waals surface area contributed by atoms with Crippen molar-refractivity contribution in [1.82, 2.24) is 9.38 Å². The van der Waals surface area contributed by atoms with E-state index < -0.39 is 0 Å². The Bertz CT molecular complexity index is 731. The molecule has 0 aliphatic carbocycles. The maximum atomic E-state index is 5.52. The van der Waals surface area contributed by atoms with Crippen LogP contribution < -0.4 is 0 Å². The van der Waals surface area contributed by atoms with Crippen LogP contribution in [0.2, 0.25) is 0 Å². The predicted octanol–water partition coefficient (Wildman–Crippen LogP) is 3.70. The van der Waals surface area contributed by atoms with Crippen LogP contribution in [0.5, 0.6) is 0 Å². The standard InChI is InChI=1S/C15H14N2OS2/c1-2-18-14(19)13-12(10-11-6-4-3-5-7-11)16-15-17(13)8-9-20-15/h3-9H,2,10H2,1H3. The van der Waals surface area contributed by atoms with Gasteiger partial charge in [-0.05, 0) is 24.7 Å². The molecule has 0 saturated carbocycles. The number of thiocarbonyl (C=S) groups is 1. The second-order valence-corrected chi connectivity index (χ2v) is 5.59. The first-order valence-corrected chi connectivity index (χ1v) is 7.74. The lowest BCUT2D eigenvalue weighted by molar-refractivity contribution is 0.336. The number of rotatable bonds is 4. The number of hydrogen-bond acceptors (Lipinski definition) is 4. The van der Waals surface area contributed by atoms with Gasteiger partial charge in [-0.1, -0.05) is 30.3 Å². The average Bonchev–Trinajstić information content (AvgIpc) is 3.00. The number of hydrogen-bond donors (Lipinski definition) is 0. The lowest BCUT2D eigenvalue weighted by atomic mass is 10.1. The van der Waals surface area contributed by atoms with E-state index >= 15 is 0 Å². The third-order valence-electron chi connectivity index (χ3n) is 3.02. The molecule has 5 heteroatoms. The summed E-state index contributed by atoms with van der Waals surface area (Å²) in [6, 6.07) is 10.3. The Balaban J connectivity index is 2.03. The molecule has 0 bridgehead atoms. The van der Waals surface area contributed by atoms with E-state index in [2.05, 4.69) is 17.1 Å². The lowest BCUT2D eigenvalue weighted by Crippen LogP contribution is -2.09. The second kappa shape index (κ2) is 5.73. The van der Waals surface area contributed by atoms with Crippen molar-refractivity contribution in [3.63, 3.8) is 0 Å². The third kappa shape index (κ3) is 2.46. The first-order valence-electron chi connectivity index (χ1n) is 6.45. The number of thiazole rings is 1. The van der Waals surface area contributed by atoms with Crippen LogP contribution in [0.4, 0.5) is 0 Å². The normalized spacial score (nSPS) is 10.8. The highest BCUT2D eigenvalue weighted by Crippen LogP contribution is 2.21. The van der Waals surface area contributed by atoms with Gasteiger partial charge in [0.05, 0.1) is 12.3 Å². The van der Waals surface area contributed by atoms with Crippen molar-refractivity contribution in [1.29, 1.82) is 0 Å². The van der Waals surface area contributed by atoms with E-state index in [-0.39, 0.29) is 0 Å². The molecule has 20 heavy (non-hydrogen) atoms. The predicted molar refractivity (Wildman–Crippen MR) is 85.6 cm³/mol. The Morgan fingerprint density at radius 1 is 1.35 bits per heavy atom. The Morgan fingerprint density at radius 2 is 2.15 bits per heavy atom. The minimum atomic E-state index is 0.518. The van der Waals surface area contributed by atoms with Gasteiger partial charge in [0, 0.05) is 18.0 Å². The summed E-state index contributed by atoms with van der Waals surface area (Å²) in [5.41, 5.74) is 3.10. The molecule has 0 fully saturated rings. The number of ether oxygens (including phenoxy) is 1. The first kappa shape index (κ1) is 13.3. The van der Waals surface area contributed by atoms with Crippen molar-refractivity contribution in [3.05, 3.63) is 58.9 Å². The third-order valence-corrected chi connectivity index (χ3v) is 4.09. The number of nitrogens with zero attached hydrogens (tertiary/aromatic N) is 2. The zero-order valence-electron chi connectivity index (χ0n) is 11.1. The molecule has 0 N–H and O–H groups in total. The fourth-order valence-electron chi connectivity index (χ4n) is 2.16. The number of fused-ring (bicyclic) bond motifs is 1. The molecule has 0 radical (unpaired) electrons. The van der Waals surface area contributed by atoms with Crippen LogP contribution in [-0.2, 0) is 11.2 Å². The number of benzene rings is 1. The van der Waals surface area contributed by atoms with E-state index in [1.54, 1.807) is 11.3 Å². The summed E-state index contributed by atoms with van der Waals surface area (Å²) in [6.45, 7) is 2.51. The molecule has 3 nitrogen and oxygen atoms in total. The summed E-state index contributed by atoms with van der Waals surface area (Å²) in [6.07, 6.45) is 2.75. The van der Waals surface area contributed by atoms with E-state index in [4.69, 9.17) is 17.0 Å². The zero-order chi connectivity index (χ0) is 13.9. The fraction of sp³-hybridized carbons (Fsp3) is 0.200. The molecule has 0 unspecified atom stereocenters. The summed E-state index contributed by atoms with van der Waals surface area (Å²) in [4.78, 5) is 5.64. The minimum Gasteiger partial charge on any atom is -0.482 e. The van der Waals surface area contributed by atoms with Crippen molar-refractivity contribution in [2.24, 2.45) is 0 Å². The van der Waals surface area contributed by atoms with Crippen LogP contribution in [0, 0.1) is 0 Å². The molecule has 0 aliphatic rings. The Kier molecular flexibility index (Phi) is 3.80. The smallest absolute Gasteiger partial charge is 0.210 e. The van der Waals surface area contributed by atoms with Crippen LogP contribution in [0.15, 0.2) is 41.9 Å². The van der Waals surface area contributed by atoms with Gasteiger partial charge in [0.1, 0.15) is 5.69 Å². The van der Waals surface area contributed by atoms with E-state index in [1.807, 2.05) is 41.1 Å². The maximum absolute atomic E-state index is 5.52. The molecule has 3 aromatic rings. The summed E-state index contributed by atoms with van der Waals surface area (Å²) in [5, 5.41) is 2.52. The van der Waals surface area contributed by atoms with Crippen molar-refractivity contribution >= 4 is 33.6 Å². The molecule has 2 aromatic heterocycles. The highest BCUT2D eigenvalue weighted by molar-refractivity contribution is 7.80. The summed E-state index contributed by atoms with van der Waals surface area (Å²) < 4.78 is 7.53. The molecule has 1 aromatic carbocycles. The quantitative estimate of drug-likeness (QED) is 0.688. The topological polar surface area (TPSA) is 26.5 Å². The zero-order valence-corrected chi connectivity index (χ0v) is 12.7. The summed E-state index contributed by atoms with van der Waals surface area (Å²) in [5.74, 6) is 0. The van der Waals surface area contributed by atoms with Gasteiger partial charge >= 0.3 is 0 Å². The van der Waals surface area contributed by atoms with Gasteiger partial charge in [0.15, 0.2) is 4.96 Å². The van der Waals surface area contributed by atoms with E-state index in [0.717, 1.165) is 22.8 Å². The SMILES string of the molecule is CCOC(=S)c1c(Cc2ccccc2)nc2sccn12. The number of aromatic nitrogens is 2. The highest BCUT2D eigenvalue weighted by Gasteiger charge is 2.18. The van der Waals surface area contributed by atoms with Crippen LogP contribution in [-0.4, -0.2) is 21.0 Å².